The monoisotopic (exact) mass is 293 g/mol. The third-order valence-electron chi connectivity index (χ3n) is 4.39. The first-order valence-corrected chi connectivity index (χ1v) is 7.90. The highest BCUT2D eigenvalue weighted by molar-refractivity contribution is 5.94. The molecule has 0 bridgehead atoms. The molecule has 1 unspecified atom stereocenters. The molecule has 1 N–H and O–H groups in total. The standard InChI is InChI=1S/C20H23NO/c1-20(2,3)19(22)18-16(13-14-9-5-4-6-10-14)15-11-7-8-12-17(15)21-18/h4-12,16,18,21H,13H2,1-3H3/t16-,18?/m1/s1. The third-order valence-corrected chi connectivity index (χ3v) is 4.39. The second kappa shape index (κ2) is 5.60. The van der Waals surface area contributed by atoms with Crippen molar-refractivity contribution in [1.82, 2.24) is 0 Å². The van der Waals surface area contributed by atoms with Crippen LogP contribution in [-0.2, 0) is 11.2 Å². The lowest BCUT2D eigenvalue weighted by Gasteiger charge is -2.26. The van der Waals surface area contributed by atoms with Crippen LogP contribution in [0.25, 0.3) is 0 Å². The zero-order valence-corrected chi connectivity index (χ0v) is 13.5. The number of hydrogen-bond donors (Lipinski definition) is 1. The summed E-state index contributed by atoms with van der Waals surface area (Å²) < 4.78 is 0. The molecule has 1 aliphatic rings. The van der Waals surface area contributed by atoms with Gasteiger partial charge in [-0.05, 0) is 23.6 Å². The number of carbonyl (C=O) groups is 1. The zero-order valence-electron chi connectivity index (χ0n) is 13.5. The van der Waals surface area contributed by atoms with E-state index in [1.807, 2.05) is 32.9 Å². The van der Waals surface area contributed by atoms with Gasteiger partial charge in [0, 0.05) is 17.0 Å². The molecule has 0 fully saturated rings. The molecule has 22 heavy (non-hydrogen) atoms. The Labute approximate surface area is 132 Å². The lowest BCUT2D eigenvalue weighted by molar-refractivity contribution is -0.127. The number of benzene rings is 2. The number of carbonyl (C=O) groups excluding carboxylic acids is 1. The molecule has 0 aliphatic carbocycles. The lowest BCUT2D eigenvalue weighted by atomic mass is 9.79. The summed E-state index contributed by atoms with van der Waals surface area (Å²) in [6, 6.07) is 18.6. The number of ketones is 1. The normalized spacial score (nSPS) is 20.3. The van der Waals surface area contributed by atoms with E-state index >= 15 is 0 Å². The average molecular weight is 293 g/mol. The first-order valence-electron chi connectivity index (χ1n) is 7.90. The molecule has 3 rings (SSSR count). The van der Waals surface area contributed by atoms with Gasteiger partial charge in [0.05, 0.1) is 6.04 Å². The first-order chi connectivity index (χ1) is 10.5. The molecule has 2 aromatic rings. The minimum atomic E-state index is -0.339. The minimum absolute atomic E-state index is 0.141. The van der Waals surface area contributed by atoms with Crippen LogP contribution in [0.3, 0.4) is 0 Å². The predicted molar refractivity (Wildman–Crippen MR) is 91.2 cm³/mol. The molecule has 0 spiro atoms. The number of nitrogens with one attached hydrogen (secondary N) is 1. The fourth-order valence-electron chi connectivity index (χ4n) is 3.21. The quantitative estimate of drug-likeness (QED) is 0.907. The summed E-state index contributed by atoms with van der Waals surface area (Å²) in [6.07, 6.45) is 0.886. The molecule has 2 nitrogen and oxygen atoms in total. The Morgan fingerprint density at radius 2 is 1.64 bits per heavy atom. The van der Waals surface area contributed by atoms with Crippen LogP contribution in [0.15, 0.2) is 54.6 Å². The van der Waals surface area contributed by atoms with Crippen LogP contribution in [0.5, 0.6) is 0 Å². The van der Waals surface area contributed by atoms with E-state index in [2.05, 4.69) is 47.8 Å². The summed E-state index contributed by atoms with van der Waals surface area (Å²) in [4.78, 5) is 12.9. The van der Waals surface area contributed by atoms with Gasteiger partial charge in [0.2, 0.25) is 0 Å². The Morgan fingerprint density at radius 1 is 1.00 bits per heavy atom. The molecule has 0 amide bonds. The van der Waals surface area contributed by atoms with E-state index in [9.17, 15) is 4.79 Å². The van der Waals surface area contributed by atoms with Crippen molar-refractivity contribution in [2.45, 2.75) is 39.2 Å². The van der Waals surface area contributed by atoms with Gasteiger partial charge in [-0.25, -0.2) is 0 Å². The van der Waals surface area contributed by atoms with E-state index < -0.39 is 0 Å². The molecule has 2 heteroatoms. The van der Waals surface area contributed by atoms with Gasteiger partial charge in [-0.1, -0.05) is 69.3 Å². The topological polar surface area (TPSA) is 29.1 Å². The maximum absolute atomic E-state index is 12.9. The van der Waals surface area contributed by atoms with E-state index in [0.717, 1.165) is 12.1 Å². The average Bonchev–Trinajstić information content (AvgIpc) is 2.85. The van der Waals surface area contributed by atoms with E-state index in [-0.39, 0.29) is 23.2 Å². The van der Waals surface area contributed by atoms with Crippen LogP contribution in [0.1, 0.15) is 37.8 Å². The number of para-hydroxylation sites is 1. The molecule has 1 aliphatic heterocycles. The van der Waals surface area contributed by atoms with Crippen LogP contribution in [0, 0.1) is 5.41 Å². The van der Waals surface area contributed by atoms with Crippen molar-refractivity contribution in [2.75, 3.05) is 5.32 Å². The Kier molecular flexibility index (Phi) is 3.78. The Balaban J connectivity index is 1.95. The molecule has 2 aromatic carbocycles. The molecule has 0 saturated heterocycles. The van der Waals surface area contributed by atoms with Crippen LogP contribution >= 0.6 is 0 Å². The Morgan fingerprint density at radius 3 is 2.32 bits per heavy atom. The molecule has 0 aromatic heterocycles. The number of anilines is 1. The van der Waals surface area contributed by atoms with Gasteiger partial charge < -0.3 is 5.32 Å². The molecule has 2 atom stereocenters. The highest BCUT2D eigenvalue weighted by atomic mass is 16.1. The van der Waals surface area contributed by atoms with Crippen molar-refractivity contribution >= 4 is 11.5 Å². The lowest BCUT2D eigenvalue weighted by Crippen LogP contribution is -2.39. The summed E-state index contributed by atoms with van der Waals surface area (Å²) in [6.45, 7) is 6.00. The van der Waals surface area contributed by atoms with Crippen molar-refractivity contribution in [2.24, 2.45) is 5.41 Å². The highest BCUT2D eigenvalue weighted by Crippen LogP contribution is 2.40. The summed E-state index contributed by atoms with van der Waals surface area (Å²) >= 11 is 0. The number of fused-ring (bicyclic) bond motifs is 1. The second-order valence-corrected chi connectivity index (χ2v) is 7.12. The molecular formula is C20H23NO. The number of rotatable bonds is 3. The van der Waals surface area contributed by atoms with Crippen LogP contribution in [0.2, 0.25) is 0 Å². The molecule has 0 saturated carbocycles. The maximum Gasteiger partial charge on any atom is 0.160 e. The highest BCUT2D eigenvalue weighted by Gasteiger charge is 2.40. The van der Waals surface area contributed by atoms with Crippen molar-refractivity contribution in [1.29, 1.82) is 0 Å². The van der Waals surface area contributed by atoms with Gasteiger partial charge in [-0.15, -0.1) is 0 Å². The van der Waals surface area contributed by atoms with E-state index in [1.165, 1.54) is 11.1 Å². The Hall–Kier alpha value is -2.09. The minimum Gasteiger partial charge on any atom is -0.374 e. The van der Waals surface area contributed by atoms with Gasteiger partial charge >= 0.3 is 0 Å². The fourth-order valence-corrected chi connectivity index (χ4v) is 3.21. The van der Waals surface area contributed by atoms with Gasteiger partial charge in [-0.3, -0.25) is 4.79 Å². The molecule has 0 radical (unpaired) electrons. The van der Waals surface area contributed by atoms with Crippen LogP contribution in [0.4, 0.5) is 5.69 Å². The predicted octanol–water partition coefficient (Wildman–Crippen LogP) is 4.42. The van der Waals surface area contributed by atoms with E-state index in [0.29, 0.717) is 0 Å². The largest absolute Gasteiger partial charge is 0.374 e. The molecular weight excluding hydrogens is 270 g/mol. The van der Waals surface area contributed by atoms with Gasteiger partial charge in [-0.2, -0.15) is 0 Å². The van der Waals surface area contributed by atoms with E-state index in [4.69, 9.17) is 0 Å². The van der Waals surface area contributed by atoms with Crippen LogP contribution < -0.4 is 5.32 Å². The molecule has 1 heterocycles. The van der Waals surface area contributed by atoms with Crippen molar-refractivity contribution in [3.05, 3.63) is 65.7 Å². The Bertz CT molecular complexity index is 670. The fraction of sp³-hybridized carbons (Fsp3) is 0.350. The summed E-state index contributed by atoms with van der Waals surface area (Å²) in [7, 11) is 0. The van der Waals surface area contributed by atoms with Crippen molar-refractivity contribution < 1.29 is 4.79 Å². The zero-order chi connectivity index (χ0) is 15.7. The maximum atomic E-state index is 12.9. The van der Waals surface area contributed by atoms with Crippen molar-refractivity contribution in [3.63, 3.8) is 0 Å². The number of hydrogen-bond acceptors (Lipinski definition) is 2. The smallest absolute Gasteiger partial charge is 0.160 e. The van der Waals surface area contributed by atoms with Crippen molar-refractivity contribution in [3.8, 4) is 0 Å². The van der Waals surface area contributed by atoms with E-state index in [1.54, 1.807) is 0 Å². The molecule has 114 valence electrons. The second-order valence-electron chi connectivity index (χ2n) is 7.12. The van der Waals surface area contributed by atoms with Gasteiger partial charge in [0.1, 0.15) is 0 Å². The number of Topliss-reactive ketones (excluding diaryl/α,β-unsaturated/α-hetero) is 1. The van der Waals surface area contributed by atoms with Gasteiger partial charge in [0.15, 0.2) is 5.78 Å². The van der Waals surface area contributed by atoms with Gasteiger partial charge in [0.25, 0.3) is 0 Å². The summed E-state index contributed by atoms with van der Waals surface area (Å²) in [5.41, 5.74) is 3.30. The summed E-state index contributed by atoms with van der Waals surface area (Å²) in [5, 5.41) is 3.46. The third kappa shape index (κ3) is 2.78. The summed E-state index contributed by atoms with van der Waals surface area (Å²) in [5.74, 6) is 0.481. The van der Waals surface area contributed by atoms with Crippen LogP contribution in [-0.4, -0.2) is 11.8 Å². The first kappa shape index (κ1) is 14.8. The SMILES string of the molecule is CC(C)(C)C(=O)C1Nc2ccccc2[C@H]1Cc1ccccc1.